The van der Waals surface area contributed by atoms with Crippen LogP contribution >= 0.6 is 0 Å². The SMILES string of the molecule is CC(C)CC(CN(C)C)NC1CCNCC1(C)C. The van der Waals surface area contributed by atoms with Gasteiger partial charge in [-0.05, 0) is 44.8 Å². The van der Waals surface area contributed by atoms with Gasteiger partial charge in [0.1, 0.15) is 0 Å². The molecule has 0 spiro atoms. The molecule has 3 heteroatoms. The minimum atomic E-state index is 0.361. The molecule has 1 rings (SSSR count). The summed E-state index contributed by atoms with van der Waals surface area (Å²) in [5, 5.41) is 7.44. The second-order valence-electron chi connectivity index (χ2n) is 7.26. The van der Waals surface area contributed by atoms with E-state index in [2.05, 4.69) is 57.3 Å². The van der Waals surface area contributed by atoms with Gasteiger partial charge < -0.3 is 15.5 Å². The molecule has 1 saturated heterocycles. The molecule has 3 nitrogen and oxygen atoms in total. The van der Waals surface area contributed by atoms with Gasteiger partial charge in [-0.25, -0.2) is 0 Å². The van der Waals surface area contributed by atoms with Gasteiger partial charge >= 0.3 is 0 Å². The topological polar surface area (TPSA) is 27.3 Å². The van der Waals surface area contributed by atoms with E-state index in [-0.39, 0.29) is 0 Å². The first-order valence-corrected chi connectivity index (χ1v) is 7.43. The van der Waals surface area contributed by atoms with Gasteiger partial charge in [-0.1, -0.05) is 27.7 Å². The number of piperidine rings is 1. The first kappa shape index (κ1) is 15.9. The lowest BCUT2D eigenvalue weighted by molar-refractivity contribution is 0.156. The summed E-state index contributed by atoms with van der Waals surface area (Å²) in [7, 11) is 4.34. The summed E-state index contributed by atoms with van der Waals surface area (Å²) in [6.45, 7) is 12.8. The Labute approximate surface area is 114 Å². The lowest BCUT2D eigenvalue weighted by Gasteiger charge is -2.42. The molecular weight excluding hydrogens is 222 g/mol. The molecule has 108 valence electrons. The molecule has 2 N–H and O–H groups in total. The number of nitrogens with zero attached hydrogens (tertiary/aromatic N) is 1. The van der Waals surface area contributed by atoms with E-state index in [0.29, 0.717) is 17.5 Å². The van der Waals surface area contributed by atoms with E-state index >= 15 is 0 Å². The van der Waals surface area contributed by atoms with Crippen LogP contribution in [-0.4, -0.2) is 50.7 Å². The molecular formula is C15H33N3. The van der Waals surface area contributed by atoms with E-state index in [9.17, 15) is 0 Å². The van der Waals surface area contributed by atoms with E-state index in [1.807, 2.05) is 0 Å². The van der Waals surface area contributed by atoms with E-state index in [4.69, 9.17) is 0 Å². The van der Waals surface area contributed by atoms with Gasteiger partial charge in [0.05, 0.1) is 0 Å². The van der Waals surface area contributed by atoms with Crippen LogP contribution in [0.2, 0.25) is 0 Å². The summed E-state index contributed by atoms with van der Waals surface area (Å²) in [6, 6.07) is 1.25. The van der Waals surface area contributed by atoms with Crippen molar-refractivity contribution in [2.75, 3.05) is 33.7 Å². The molecule has 0 aromatic rings. The Hall–Kier alpha value is -0.120. The van der Waals surface area contributed by atoms with Crippen LogP contribution in [0.1, 0.15) is 40.5 Å². The Morgan fingerprint density at radius 1 is 1.33 bits per heavy atom. The molecule has 2 unspecified atom stereocenters. The van der Waals surface area contributed by atoms with E-state index < -0.39 is 0 Å². The molecule has 0 radical (unpaired) electrons. The Kier molecular flexibility index (Phi) is 6.09. The average molecular weight is 255 g/mol. The largest absolute Gasteiger partial charge is 0.316 e. The molecule has 18 heavy (non-hydrogen) atoms. The number of hydrogen-bond donors (Lipinski definition) is 2. The van der Waals surface area contributed by atoms with Crippen molar-refractivity contribution in [2.24, 2.45) is 11.3 Å². The number of nitrogens with one attached hydrogen (secondary N) is 2. The van der Waals surface area contributed by atoms with Gasteiger partial charge in [0.25, 0.3) is 0 Å². The zero-order valence-corrected chi connectivity index (χ0v) is 13.2. The maximum absolute atomic E-state index is 3.93. The summed E-state index contributed by atoms with van der Waals surface area (Å²) < 4.78 is 0. The van der Waals surface area contributed by atoms with Gasteiger partial charge in [0.15, 0.2) is 0 Å². The van der Waals surface area contributed by atoms with Crippen molar-refractivity contribution < 1.29 is 0 Å². The third kappa shape index (κ3) is 5.25. The molecule has 0 aliphatic carbocycles. The second-order valence-corrected chi connectivity index (χ2v) is 7.26. The van der Waals surface area contributed by atoms with Crippen LogP contribution in [0.4, 0.5) is 0 Å². The van der Waals surface area contributed by atoms with Gasteiger partial charge in [0.2, 0.25) is 0 Å². The Morgan fingerprint density at radius 3 is 2.50 bits per heavy atom. The molecule has 0 amide bonds. The third-order valence-corrected chi connectivity index (χ3v) is 3.91. The lowest BCUT2D eigenvalue weighted by atomic mass is 9.79. The maximum Gasteiger partial charge on any atom is 0.0200 e. The second kappa shape index (κ2) is 6.88. The van der Waals surface area contributed by atoms with Gasteiger partial charge in [-0.2, -0.15) is 0 Å². The zero-order valence-electron chi connectivity index (χ0n) is 13.2. The Morgan fingerprint density at radius 2 is 2.00 bits per heavy atom. The minimum absolute atomic E-state index is 0.361. The first-order chi connectivity index (χ1) is 8.31. The highest BCUT2D eigenvalue weighted by Gasteiger charge is 2.33. The van der Waals surface area contributed by atoms with Crippen molar-refractivity contribution in [3.05, 3.63) is 0 Å². The van der Waals surface area contributed by atoms with Crippen molar-refractivity contribution >= 4 is 0 Å². The summed E-state index contributed by atoms with van der Waals surface area (Å²) in [5.41, 5.74) is 0.361. The van der Waals surface area contributed by atoms with Crippen molar-refractivity contribution in [3.8, 4) is 0 Å². The number of hydrogen-bond acceptors (Lipinski definition) is 3. The average Bonchev–Trinajstić information content (AvgIpc) is 2.19. The van der Waals surface area contributed by atoms with Crippen LogP contribution in [0.15, 0.2) is 0 Å². The van der Waals surface area contributed by atoms with E-state index in [0.717, 1.165) is 25.6 Å². The fourth-order valence-corrected chi connectivity index (χ4v) is 2.97. The van der Waals surface area contributed by atoms with Crippen LogP contribution < -0.4 is 10.6 Å². The number of rotatable bonds is 6. The van der Waals surface area contributed by atoms with Crippen molar-refractivity contribution in [2.45, 2.75) is 52.6 Å². The molecule has 2 atom stereocenters. The molecule has 1 aliphatic heterocycles. The van der Waals surface area contributed by atoms with E-state index in [1.165, 1.54) is 12.8 Å². The normalized spacial score (nSPS) is 25.7. The summed E-state index contributed by atoms with van der Waals surface area (Å²) in [5.74, 6) is 0.757. The van der Waals surface area contributed by atoms with Crippen LogP contribution in [0.25, 0.3) is 0 Å². The maximum atomic E-state index is 3.93. The van der Waals surface area contributed by atoms with Crippen molar-refractivity contribution in [1.29, 1.82) is 0 Å². The summed E-state index contributed by atoms with van der Waals surface area (Å²) in [4.78, 5) is 2.30. The summed E-state index contributed by atoms with van der Waals surface area (Å²) >= 11 is 0. The molecule has 1 aliphatic rings. The standard InChI is InChI=1S/C15H33N3/c1-12(2)9-13(10-18(5)6)17-14-7-8-16-11-15(14,3)4/h12-14,16-17H,7-11H2,1-6H3. The molecule has 1 fully saturated rings. The van der Waals surface area contributed by atoms with Crippen molar-refractivity contribution in [1.82, 2.24) is 15.5 Å². The van der Waals surface area contributed by atoms with Crippen LogP contribution in [-0.2, 0) is 0 Å². The molecule has 1 heterocycles. The zero-order chi connectivity index (χ0) is 13.8. The Bertz CT molecular complexity index is 226. The molecule has 0 aromatic carbocycles. The monoisotopic (exact) mass is 255 g/mol. The van der Waals surface area contributed by atoms with Gasteiger partial charge in [-0.15, -0.1) is 0 Å². The smallest absolute Gasteiger partial charge is 0.0200 e. The van der Waals surface area contributed by atoms with E-state index in [1.54, 1.807) is 0 Å². The van der Waals surface area contributed by atoms with Crippen LogP contribution in [0.5, 0.6) is 0 Å². The van der Waals surface area contributed by atoms with Gasteiger partial charge in [0, 0.05) is 25.2 Å². The quantitative estimate of drug-likeness (QED) is 0.759. The first-order valence-electron chi connectivity index (χ1n) is 7.43. The van der Waals surface area contributed by atoms with Crippen molar-refractivity contribution in [3.63, 3.8) is 0 Å². The molecule has 0 saturated carbocycles. The number of likely N-dealkylation sites (N-methyl/N-ethyl adjacent to an activating group) is 1. The predicted octanol–water partition coefficient (Wildman–Crippen LogP) is 1.94. The van der Waals surface area contributed by atoms with Crippen LogP contribution in [0, 0.1) is 11.3 Å². The highest BCUT2D eigenvalue weighted by Crippen LogP contribution is 2.26. The lowest BCUT2D eigenvalue weighted by Crippen LogP contribution is -2.57. The minimum Gasteiger partial charge on any atom is -0.316 e. The fraction of sp³-hybridized carbons (Fsp3) is 1.00. The summed E-state index contributed by atoms with van der Waals surface area (Å²) in [6.07, 6.45) is 2.51. The highest BCUT2D eigenvalue weighted by molar-refractivity contribution is 4.92. The predicted molar refractivity (Wildman–Crippen MR) is 80.0 cm³/mol. The van der Waals surface area contributed by atoms with Gasteiger partial charge in [-0.3, -0.25) is 0 Å². The molecule has 0 bridgehead atoms. The Balaban J connectivity index is 2.57. The molecule has 0 aromatic heterocycles. The van der Waals surface area contributed by atoms with Crippen LogP contribution in [0.3, 0.4) is 0 Å². The highest BCUT2D eigenvalue weighted by atomic mass is 15.1. The third-order valence-electron chi connectivity index (χ3n) is 3.91. The fourth-order valence-electron chi connectivity index (χ4n) is 2.97.